The molecule has 3 aliphatic rings. The van der Waals surface area contributed by atoms with E-state index in [4.69, 9.17) is 9.73 Å². The molecule has 6 heteroatoms. The summed E-state index contributed by atoms with van der Waals surface area (Å²) in [6.07, 6.45) is 1.88. The van der Waals surface area contributed by atoms with Crippen LogP contribution < -0.4 is 4.90 Å². The highest BCUT2D eigenvalue weighted by Crippen LogP contribution is 2.48. The van der Waals surface area contributed by atoms with Gasteiger partial charge in [-0.25, -0.2) is 0 Å². The minimum Gasteiger partial charge on any atom is -0.378 e. The van der Waals surface area contributed by atoms with Crippen LogP contribution in [0.3, 0.4) is 0 Å². The van der Waals surface area contributed by atoms with Crippen molar-refractivity contribution in [3.63, 3.8) is 0 Å². The van der Waals surface area contributed by atoms with E-state index in [2.05, 4.69) is 59.0 Å². The molecule has 5 rings (SSSR count). The van der Waals surface area contributed by atoms with Gasteiger partial charge in [0.25, 0.3) is 0 Å². The number of hydrogen-bond donors (Lipinski definition) is 0. The number of benzene rings is 1. The maximum absolute atomic E-state index is 5.50. The third kappa shape index (κ3) is 3.18. The maximum Gasteiger partial charge on any atom is 0.160 e. The van der Waals surface area contributed by atoms with Gasteiger partial charge in [0.2, 0.25) is 0 Å². The van der Waals surface area contributed by atoms with Crippen molar-refractivity contribution < 1.29 is 4.74 Å². The lowest BCUT2D eigenvalue weighted by Gasteiger charge is -2.31. The zero-order chi connectivity index (χ0) is 19.1. The number of hydrogen-bond acceptors (Lipinski definition) is 6. The Balaban J connectivity index is 1.50. The monoisotopic (exact) mass is 394 g/mol. The number of thioether (sulfide) groups is 1. The Hall–Kier alpha value is -2.05. The first-order valence-corrected chi connectivity index (χ1v) is 10.9. The van der Waals surface area contributed by atoms with Gasteiger partial charge in [-0.15, -0.1) is 0 Å². The van der Waals surface area contributed by atoms with Crippen molar-refractivity contribution in [2.24, 2.45) is 4.99 Å². The molecule has 0 saturated carbocycles. The quantitative estimate of drug-likeness (QED) is 0.792. The van der Waals surface area contributed by atoms with E-state index < -0.39 is 0 Å². The second kappa shape index (κ2) is 7.41. The summed E-state index contributed by atoms with van der Waals surface area (Å²) in [4.78, 5) is 14.6. The van der Waals surface area contributed by atoms with Crippen LogP contribution in [-0.2, 0) is 4.74 Å². The van der Waals surface area contributed by atoms with E-state index in [0.29, 0.717) is 5.25 Å². The first-order chi connectivity index (χ1) is 13.7. The van der Waals surface area contributed by atoms with E-state index >= 15 is 0 Å². The predicted octanol–water partition coefficient (Wildman–Crippen LogP) is 3.82. The summed E-state index contributed by atoms with van der Waals surface area (Å²) >= 11 is 1.89. The molecule has 146 valence electrons. The van der Waals surface area contributed by atoms with Crippen molar-refractivity contribution in [3.8, 4) is 0 Å². The number of aliphatic imine (C=N–C) groups is 1. The van der Waals surface area contributed by atoms with Gasteiger partial charge in [-0.1, -0.05) is 30.8 Å². The smallest absolute Gasteiger partial charge is 0.160 e. The summed E-state index contributed by atoms with van der Waals surface area (Å²) in [6, 6.07) is 13.3. The minimum absolute atomic E-state index is 0.0594. The molecule has 5 nitrogen and oxygen atoms in total. The standard InChI is InChI=1S/C22H26N4OS/c1-15-13-17(25-9-11-27-12-10-25)6-7-18(15)21-20(19-5-3-4-8-23-19)24-22-26(21)14-16(2)28-22/h3-8,13,16,20-21H,9-12,14H2,1-2H3. The summed E-state index contributed by atoms with van der Waals surface area (Å²) in [6.45, 7) is 9.11. The van der Waals surface area contributed by atoms with Crippen LogP contribution >= 0.6 is 11.8 Å². The molecule has 0 bridgehead atoms. The molecule has 1 aromatic carbocycles. The number of anilines is 1. The zero-order valence-corrected chi connectivity index (χ0v) is 17.2. The molecule has 1 aromatic heterocycles. The average molecular weight is 395 g/mol. The van der Waals surface area contributed by atoms with Gasteiger partial charge in [0.05, 0.1) is 24.9 Å². The fourth-order valence-electron chi connectivity index (χ4n) is 4.46. The Kier molecular flexibility index (Phi) is 4.77. The average Bonchev–Trinajstić information content (AvgIpc) is 3.25. The van der Waals surface area contributed by atoms with Gasteiger partial charge >= 0.3 is 0 Å². The molecule has 0 radical (unpaired) electrons. The van der Waals surface area contributed by atoms with Gasteiger partial charge < -0.3 is 14.5 Å². The molecule has 0 amide bonds. The third-order valence-electron chi connectivity index (χ3n) is 5.83. The van der Waals surface area contributed by atoms with Crippen molar-refractivity contribution in [2.75, 3.05) is 37.7 Å². The van der Waals surface area contributed by atoms with Crippen molar-refractivity contribution in [1.29, 1.82) is 0 Å². The number of ether oxygens (including phenoxy) is 1. The van der Waals surface area contributed by atoms with Gasteiger partial charge in [0.1, 0.15) is 6.04 Å². The molecule has 2 fully saturated rings. The second-order valence-corrected chi connectivity index (χ2v) is 9.18. The number of pyridine rings is 1. The Morgan fingerprint density at radius 1 is 1.14 bits per heavy atom. The van der Waals surface area contributed by atoms with Gasteiger partial charge in [-0.2, -0.15) is 0 Å². The van der Waals surface area contributed by atoms with Crippen LogP contribution in [-0.4, -0.2) is 53.1 Å². The number of aryl methyl sites for hydroxylation is 1. The van der Waals surface area contributed by atoms with Crippen LogP contribution in [0.25, 0.3) is 0 Å². The van der Waals surface area contributed by atoms with Gasteiger partial charge in [-0.3, -0.25) is 9.98 Å². The Bertz CT molecular complexity index is 881. The van der Waals surface area contributed by atoms with E-state index in [0.717, 1.165) is 38.5 Å². The highest BCUT2D eigenvalue weighted by Gasteiger charge is 2.44. The van der Waals surface area contributed by atoms with Crippen LogP contribution in [0, 0.1) is 6.92 Å². The number of nitrogens with zero attached hydrogens (tertiary/aromatic N) is 4. The molecule has 3 unspecified atom stereocenters. The minimum atomic E-state index is 0.0594. The molecule has 2 aromatic rings. The normalized spacial score (nSPS) is 27.1. The fraction of sp³-hybridized carbons (Fsp3) is 0.455. The van der Waals surface area contributed by atoms with Crippen molar-refractivity contribution >= 4 is 22.6 Å². The number of fused-ring (bicyclic) bond motifs is 1. The summed E-state index contributed by atoms with van der Waals surface area (Å²) in [5, 5.41) is 1.75. The first kappa shape index (κ1) is 18.0. The van der Waals surface area contributed by atoms with Crippen molar-refractivity contribution in [2.45, 2.75) is 31.2 Å². The number of morpholine rings is 1. The maximum atomic E-state index is 5.50. The zero-order valence-electron chi connectivity index (χ0n) is 16.4. The summed E-state index contributed by atoms with van der Waals surface area (Å²) in [7, 11) is 0. The van der Waals surface area contributed by atoms with Crippen LogP contribution in [0.2, 0.25) is 0 Å². The van der Waals surface area contributed by atoms with E-state index in [1.807, 2.05) is 24.0 Å². The molecule has 0 aliphatic carbocycles. The fourth-order valence-corrected chi connectivity index (χ4v) is 5.56. The predicted molar refractivity (Wildman–Crippen MR) is 115 cm³/mol. The lowest BCUT2D eigenvalue weighted by molar-refractivity contribution is 0.122. The van der Waals surface area contributed by atoms with Crippen LogP contribution in [0.15, 0.2) is 47.6 Å². The summed E-state index contributed by atoms with van der Waals surface area (Å²) < 4.78 is 5.50. The van der Waals surface area contributed by atoms with Gasteiger partial charge in [0, 0.05) is 36.8 Å². The molecular weight excluding hydrogens is 368 g/mol. The Labute approximate surface area is 170 Å². The van der Waals surface area contributed by atoms with Crippen LogP contribution in [0.5, 0.6) is 0 Å². The van der Waals surface area contributed by atoms with Gasteiger partial charge in [-0.05, 0) is 42.3 Å². The Morgan fingerprint density at radius 3 is 2.75 bits per heavy atom. The third-order valence-corrected chi connectivity index (χ3v) is 6.93. The van der Waals surface area contributed by atoms with E-state index in [-0.39, 0.29) is 12.1 Å². The highest BCUT2D eigenvalue weighted by molar-refractivity contribution is 8.14. The van der Waals surface area contributed by atoms with E-state index in [9.17, 15) is 0 Å². The van der Waals surface area contributed by atoms with Gasteiger partial charge in [0.15, 0.2) is 5.17 Å². The molecule has 4 heterocycles. The number of rotatable bonds is 3. The van der Waals surface area contributed by atoms with E-state index in [1.165, 1.54) is 22.0 Å². The second-order valence-electron chi connectivity index (χ2n) is 7.78. The molecule has 2 saturated heterocycles. The Morgan fingerprint density at radius 2 is 2.00 bits per heavy atom. The largest absolute Gasteiger partial charge is 0.378 e. The first-order valence-electron chi connectivity index (χ1n) is 10.1. The molecule has 28 heavy (non-hydrogen) atoms. The number of aromatic nitrogens is 1. The number of amidine groups is 1. The highest BCUT2D eigenvalue weighted by atomic mass is 32.2. The lowest BCUT2D eigenvalue weighted by Crippen LogP contribution is -2.36. The van der Waals surface area contributed by atoms with Crippen LogP contribution in [0.4, 0.5) is 5.69 Å². The summed E-state index contributed by atoms with van der Waals surface area (Å²) in [5.74, 6) is 0. The van der Waals surface area contributed by atoms with Crippen LogP contribution in [0.1, 0.15) is 35.8 Å². The molecule has 0 N–H and O–H groups in total. The molecule has 0 spiro atoms. The van der Waals surface area contributed by atoms with Crippen molar-refractivity contribution in [3.05, 3.63) is 59.4 Å². The summed E-state index contributed by atoms with van der Waals surface area (Å²) in [5.41, 5.74) is 5.04. The molecule has 3 atom stereocenters. The van der Waals surface area contributed by atoms with E-state index in [1.54, 1.807) is 0 Å². The molecular formula is C22H26N4OS. The topological polar surface area (TPSA) is 41.0 Å². The SMILES string of the molecule is Cc1cc(N2CCOCC2)ccc1C1C(c2ccccn2)N=C2SC(C)CN21. The lowest BCUT2D eigenvalue weighted by atomic mass is 9.92. The van der Waals surface area contributed by atoms with Crippen molar-refractivity contribution in [1.82, 2.24) is 9.88 Å². The molecule has 3 aliphatic heterocycles.